The molecule has 0 spiro atoms. The van der Waals surface area contributed by atoms with Gasteiger partial charge in [-0.15, -0.1) is 0 Å². The van der Waals surface area contributed by atoms with Gasteiger partial charge in [-0.05, 0) is 31.7 Å². The van der Waals surface area contributed by atoms with Gasteiger partial charge in [0.05, 0.1) is 13.2 Å². The molecule has 1 atom stereocenters. The number of nitrogens with zero attached hydrogens (tertiary/aromatic N) is 1. The van der Waals surface area contributed by atoms with E-state index in [1.54, 1.807) is 14.0 Å². The van der Waals surface area contributed by atoms with Crippen LogP contribution in [0.3, 0.4) is 0 Å². The lowest BCUT2D eigenvalue weighted by molar-refractivity contribution is 0.0391. The topological polar surface area (TPSA) is 58.6 Å². The number of ether oxygens (including phenoxy) is 1. The molecule has 2 rings (SSSR count). The first-order valence-electron chi connectivity index (χ1n) is 6.60. The van der Waals surface area contributed by atoms with Crippen LogP contribution in [0.2, 0.25) is 0 Å². The zero-order chi connectivity index (χ0) is 15.6. The average Bonchev–Trinajstić information content (AvgIpc) is 2.43. The average molecular weight is 320 g/mol. The lowest BCUT2D eigenvalue weighted by Crippen LogP contribution is -2.47. The van der Waals surface area contributed by atoms with Crippen molar-refractivity contribution in [3.63, 3.8) is 0 Å². The first-order valence-corrected chi connectivity index (χ1v) is 8.04. The van der Waals surface area contributed by atoms with Crippen molar-refractivity contribution >= 4 is 10.0 Å². The summed E-state index contributed by atoms with van der Waals surface area (Å²) in [6, 6.07) is 1.75. The zero-order valence-electron chi connectivity index (χ0n) is 11.9. The summed E-state index contributed by atoms with van der Waals surface area (Å²) < 4.78 is 59.1. The van der Waals surface area contributed by atoms with Crippen LogP contribution in [0.4, 0.5) is 8.78 Å². The Kier molecular flexibility index (Phi) is 4.92. The van der Waals surface area contributed by atoms with Crippen LogP contribution in [-0.2, 0) is 21.3 Å². The first kappa shape index (κ1) is 16.3. The molecule has 0 radical (unpaired) electrons. The Morgan fingerprint density at radius 1 is 1.43 bits per heavy atom. The van der Waals surface area contributed by atoms with Crippen LogP contribution in [0.5, 0.6) is 0 Å². The third-order valence-corrected chi connectivity index (χ3v) is 5.34. The van der Waals surface area contributed by atoms with Gasteiger partial charge in [0, 0.05) is 19.1 Å². The molecule has 1 N–H and O–H groups in total. The Labute approximate surface area is 122 Å². The normalized spacial score (nSPS) is 20.7. The molecule has 1 aromatic carbocycles. The van der Waals surface area contributed by atoms with Crippen LogP contribution in [-0.4, -0.2) is 45.6 Å². The molecule has 5 nitrogen and oxygen atoms in total. The standard InChI is InChI=1S/C13H18F2N2O3S/c1-9-8-20-4-3-17(9)21(18,19)12-6-10(7-16-2)5-11(14)13(12)15/h5-6,9,16H,3-4,7-8H2,1-2H3. The van der Waals surface area contributed by atoms with Crippen molar-refractivity contribution in [2.45, 2.75) is 24.4 Å². The lowest BCUT2D eigenvalue weighted by atomic mass is 10.2. The van der Waals surface area contributed by atoms with Crippen LogP contribution in [0.25, 0.3) is 0 Å². The maximum Gasteiger partial charge on any atom is 0.246 e. The summed E-state index contributed by atoms with van der Waals surface area (Å²) in [5.41, 5.74) is 0.371. The van der Waals surface area contributed by atoms with E-state index >= 15 is 0 Å². The van der Waals surface area contributed by atoms with Gasteiger partial charge in [0.15, 0.2) is 11.6 Å². The van der Waals surface area contributed by atoms with Gasteiger partial charge < -0.3 is 10.1 Å². The van der Waals surface area contributed by atoms with E-state index in [0.29, 0.717) is 5.56 Å². The van der Waals surface area contributed by atoms with Crippen molar-refractivity contribution in [2.24, 2.45) is 0 Å². The predicted molar refractivity (Wildman–Crippen MR) is 73.3 cm³/mol. The molecular formula is C13H18F2N2O3S. The Bertz CT molecular complexity index is 622. The Morgan fingerprint density at radius 3 is 2.76 bits per heavy atom. The highest BCUT2D eigenvalue weighted by Crippen LogP contribution is 2.25. The third-order valence-electron chi connectivity index (χ3n) is 3.33. The van der Waals surface area contributed by atoms with E-state index in [4.69, 9.17) is 4.74 Å². The number of nitrogens with one attached hydrogen (secondary N) is 1. The molecule has 0 amide bonds. The highest BCUT2D eigenvalue weighted by atomic mass is 32.2. The van der Waals surface area contributed by atoms with Gasteiger partial charge in [-0.3, -0.25) is 0 Å². The maximum absolute atomic E-state index is 14.0. The number of morpholine rings is 1. The predicted octanol–water partition coefficient (Wildman–Crippen LogP) is 1.09. The summed E-state index contributed by atoms with van der Waals surface area (Å²) in [6.07, 6.45) is 0. The summed E-state index contributed by atoms with van der Waals surface area (Å²) in [5, 5.41) is 2.78. The van der Waals surface area contributed by atoms with Gasteiger partial charge in [0.2, 0.25) is 10.0 Å². The summed E-state index contributed by atoms with van der Waals surface area (Å²) in [6.45, 7) is 2.52. The molecule has 1 saturated heterocycles. The van der Waals surface area contributed by atoms with Crippen molar-refractivity contribution in [3.8, 4) is 0 Å². The molecule has 1 unspecified atom stereocenters. The molecule has 1 aliphatic heterocycles. The van der Waals surface area contributed by atoms with Crippen LogP contribution in [0.1, 0.15) is 12.5 Å². The Balaban J connectivity index is 2.48. The Hall–Kier alpha value is -1.09. The molecule has 1 heterocycles. The molecule has 0 bridgehead atoms. The Morgan fingerprint density at radius 2 is 2.14 bits per heavy atom. The van der Waals surface area contributed by atoms with Gasteiger partial charge in [-0.25, -0.2) is 17.2 Å². The first-order chi connectivity index (χ1) is 9.87. The monoisotopic (exact) mass is 320 g/mol. The fourth-order valence-corrected chi connectivity index (χ4v) is 4.03. The second-order valence-electron chi connectivity index (χ2n) is 4.96. The smallest absolute Gasteiger partial charge is 0.246 e. The molecule has 1 aliphatic rings. The molecule has 0 aliphatic carbocycles. The molecule has 1 fully saturated rings. The summed E-state index contributed by atoms with van der Waals surface area (Å²) >= 11 is 0. The summed E-state index contributed by atoms with van der Waals surface area (Å²) in [7, 11) is -2.46. The number of rotatable bonds is 4. The number of hydrogen-bond acceptors (Lipinski definition) is 4. The number of benzene rings is 1. The summed E-state index contributed by atoms with van der Waals surface area (Å²) in [5.74, 6) is -2.50. The molecule has 8 heteroatoms. The lowest BCUT2D eigenvalue weighted by Gasteiger charge is -2.32. The van der Waals surface area contributed by atoms with Gasteiger partial charge in [-0.1, -0.05) is 0 Å². The fourth-order valence-electron chi connectivity index (χ4n) is 2.31. The molecule has 118 valence electrons. The maximum atomic E-state index is 14.0. The van der Waals surface area contributed by atoms with E-state index < -0.39 is 32.6 Å². The molecule has 21 heavy (non-hydrogen) atoms. The molecular weight excluding hydrogens is 302 g/mol. The number of hydrogen-bond donors (Lipinski definition) is 1. The van der Waals surface area contributed by atoms with Crippen LogP contribution in [0.15, 0.2) is 17.0 Å². The zero-order valence-corrected chi connectivity index (χ0v) is 12.7. The minimum Gasteiger partial charge on any atom is -0.378 e. The quantitative estimate of drug-likeness (QED) is 0.902. The minimum absolute atomic E-state index is 0.126. The van der Waals surface area contributed by atoms with E-state index in [2.05, 4.69) is 5.32 Å². The van der Waals surface area contributed by atoms with Gasteiger partial charge in [-0.2, -0.15) is 4.31 Å². The van der Waals surface area contributed by atoms with Crippen LogP contribution in [0, 0.1) is 11.6 Å². The molecule has 1 aromatic rings. The van der Waals surface area contributed by atoms with Crippen molar-refractivity contribution in [1.82, 2.24) is 9.62 Å². The minimum atomic E-state index is -4.09. The van der Waals surface area contributed by atoms with Gasteiger partial charge in [0.1, 0.15) is 4.90 Å². The van der Waals surface area contributed by atoms with E-state index in [1.807, 2.05) is 0 Å². The van der Waals surface area contributed by atoms with Crippen molar-refractivity contribution in [2.75, 3.05) is 26.8 Å². The van der Waals surface area contributed by atoms with Gasteiger partial charge in [0.25, 0.3) is 0 Å². The highest BCUT2D eigenvalue weighted by Gasteiger charge is 2.34. The fraction of sp³-hybridized carbons (Fsp3) is 0.538. The van der Waals surface area contributed by atoms with Crippen molar-refractivity contribution in [1.29, 1.82) is 0 Å². The second kappa shape index (κ2) is 6.35. The van der Waals surface area contributed by atoms with E-state index in [-0.39, 0.29) is 26.3 Å². The third kappa shape index (κ3) is 3.23. The van der Waals surface area contributed by atoms with Crippen LogP contribution < -0.4 is 5.32 Å². The second-order valence-corrected chi connectivity index (χ2v) is 6.82. The molecule has 0 saturated carbocycles. The number of halogens is 2. The number of sulfonamides is 1. The largest absolute Gasteiger partial charge is 0.378 e. The highest BCUT2D eigenvalue weighted by molar-refractivity contribution is 7.89. The van der Waals surface area contributed by atoms with Gasteiger partial charge >= 0.3 is 0 Å². The van der Waals surface area contributed by atoms with Crippen molar-refractivity contribution < 1.29 is 21.9 Å². The molecule has 0 aromatic heterocycles. The van der Waals surface area contributed by atoms with Crippen LogP contribution >= 0.6 is 0 Å². The summed E-state index contributed by atoms with van der Waals surface area (Å²) in [4.78, 5) is -0.624. The van der Waals surface area contributed by atoms with Crippen molar-refractivity contribution in [3.05, 3.63) is 29.3 Å². The van der Waals surface area contributed by atoms with E-state index in [0.717, 1.165) is 10.4 Å². The van der Waals surface area contributed by atoms with E-state index in [9.17, 15) is 17.2 Å². The SMILES string of the molecule is CNCc1cc(F)c(F)c(S(=O)(=O)N2CCOCC2C)c1. The van der Waals surface area contributed by atoms with E-state index in [1.165, 1.54) is 6.07 Å².